The van der Waals surface area contributed by atoms with E-state index >= 15 is 0 Å². The number of aromatic nitrogens is 1. The van der Waals surface area contributed by atoms with Gasteiger partial charge in [0, 0.05) is 38.3 Å². The smallest absolute Gasteiger partial charge is 0.352 e. The molecule has 0 aliphatic carbocycles. The zero-order chi connectivity index (χ0) is 13.0. The summed E-state index contributed by atoms with van der Waals surface area (Å²) in [5.41, 5.74) is 0.366. The Kier molecular flexibility index (Phi) is 4.00. The molecule has 0 spiro atoms. The first-order valence-corrected chi connectivity index (χ1v) is 6.22. The van der Waals surface area contributed by atoms with Crippen molar-refractivity contribution in [2.45, 2.75) is 25.3 Å². The van der Waals surface area contributed by atoms with Crippen LogP contribution in [0.5, 0.6) is 0 Å². The molecule has 1 aliphatic heterocycles. The van der Waals surface area contributed by atoms with E-state index in [9.17, 15) is 4.79 Å². The number of nitriles is 1. The second-order valence-corrected chi connectivity index (χ2v) is 4.59. The fraction of sp³-hybridized carbons (Fsp3) is 0.538. The van der Waals surface area contributed by atoms with Crippen molar-refractivity contribution in [3.63, 3.8) is 0 Å². The lowest BCUT2D eigenvalue weighted by molar-refractivity contribution is 0.0678. The quantitative estimate of drug-likeness (QED) is 0.879. The van der Waals surface area contributed by atoms with Crippen molar-refractivity contribution in [2.75, 3.05) is 19.6 Å². The van der Waals surface area contributed by atoms with Gasteiger partial charge in [-0.1, -0.05) is 0 Å². The molecular formula is C13H17N3O2. The molecule has 2 heterocycles. The number of likely N-dealkylation sites (tertiary alicyclic amines) is 1. The zero-order valence-corrected chi connectivity index (χ0v) is 10.2. The van der Waals surface area contributed by atoms with Crippen molar-refractivity contribution < 1.29 is 9.90 Å². The molecule has 0 aromatic carbocycles. The molecule has 2 rings (SSSR count). The van der Waals surface area contributed by atoms with Gasteiger partial charge in [-0.15, -0.1) is 0 Å². The summed E-state index contributed by atoms with van der Waals surface area (Å²) in [6, 6.07) is 5.85. The minimum Gasteiger partial charge on any atom is -0.477 e. The van der Waals surface area contributed by atoms with Gasteiger partial charge in [-0.05, 0) is 25.0 Å². The minimum absolute atomic E-state index is 0.268. The molecule has 18 heavy (non-hydrogen) atoms. The summed E-state index contributed by atoms with van der Waals surface area (Å²) in [6.45, 7) is 2.69. The van der Waals surface area contributed by atoms with E-state index in [4.69, 9.17) is 10.4 Å². The third-order valence-corrected chi connectivity index (χ3v) is 3.49. The van der Waals surface area contributed by atoms with E-state index in [0.29, 0.717) is 12.1 Å². The molecule has 96 valence electrons. The van der Waals surface area contributed by atoms with E-state index in [2.05, 4.69) is 11.0 Å². The molecule has 0 amide bonds. The number of hydrogen-bond acceptors (Lipinski definition) is 3. The van der Waals surface area contributed by atoms with Gasteiger partial charge in [0.2, 0.25) is 0 Å². The summed E-state index contributed by atoms with van der Waals surface area (Å²) in [7, 11) is 0. The van der Waals surface area contributed by atoms with Crippen LogP contribution in [0.4, 0.5) is 0 Å². The largest absolute Gasteiger partial charge is 0.477 e. The number of hydrogen-bond donors (Lipinski definition) is 1. The topological polar surface area (TPSA) is 69.3 Å². The molecule has 1 saturated heterocycles. The molecule has 0 saturated carbocycles. The molecule has 1 fully saturated rings. The Bertz CT molecular complexity index is 453. The van der Waals surface area contributed by atoms with E-state index in [1.54, 1.807) is 12.1 Å². The maximum absolute atomic E-state index is 11.1. The number of carboxylic acid groups (broad SMARTS) is 1. The molecule has 1 aromatic rings. The minimum atomic E-state index is -0.869. The highest BCUT2D eigenvalue weighted by Crippen LogP contribution is 2.24. The van der Waals surface area contributed by atoms with Gasteiger partial charge in [0.05, 0.1) is 6.07 Å². The van der Waals surface area contributed by atoms with E-state index in [-0.39, 0.29) is 6.04 Å². The summed E-state index contributed by atoms with van der Waals surface area (Å²) in [5, 5.41) is 17.6. The summed E-state index contributed by atoms with van der Waals surface area (Å²) in [6.07, 6.45) is 4.30. The van der Waals surface area contributed by atoms with Crippen molar-refractivity contribution in [2.24, 2.45) is 0 Å². The number of carbonyl (C=O) groups is 1. The lowest BCUT2D eigenvalue weighted by atomic mass is 10.0. The fourth-order valence-corrected chi connectivity index (χ4v) is 2.52. The van der Waals surface area contributed by atoms with E-state index in [0.717, 1.165) is 32.5 Å². The summed E-state index contributed by atoms with van der Waals surface area (Å²) in [5.74, 6) is -0.869. The first kappa shape index (κ1) is 12.7. The van der Waals surface area contributed by atoms with Gasteiger partial charge in [0.1, 0.15) is 5.69 Å². The van der Waals surface area contributed by atoms with Gasteiger partial charge in [-0.25, -0.2) is 4.79 Å². The molecule has 5 heteroatoms. The van der Waals surface area contributed by atoms with Crippen LogP contribution in [0.2, 0.25) is 0 Å². The Hall–Kier alpha value is -1.80. The van der Waals surface area contributed by atoms with Crippen molar-refractivity contribution in [3.8, 4) is 6.07 Å². The van der Waals surface area contributed by atoms with Gasteiger partial charge >= 0.3 is 5.97 Å². The van der Waals surface area contributed by atoms with Gasteiger partial charge in [-0.2, -0.15) is 5.26 Å². The van der Waals surface area contributed by atoms with E-state index in [1.165, 1.54) is 0 Å². The predicted molar refractivity (Wildman–Crippen MR) is 66.3 cm³/mol. The molecule has 0 bridgehead atoms. The Morgan fingerprint density at radius 3 is 2.83 bits per heavy atom. The zero-order valence-electron chi connectivity index (χ0n) is 10.2. The first-order valence-electron chi connectivity index (χ1n) is 6.22. The van der Waals surface area contributed by atoms with Crippen LogP contribution in [0.15, 0.2) is 18.3 Å². The van der Waals surface area contributed by atoms with Crippen LogP contribution in [0, 0.1) is 11.3 Å². The van der Waals surface area contributed by atoms with Crippen LogP contribution in [0.1, 0.15) is 35.8 Å². The summed E-state index contributed by atoms with van der Waals surface area (Å²) < 4.78 is 1.87. The number of carboxylic acids is 1. The normalized spacial score (nSPS) is 17.5. The molecule has 1 aliphatic rings. The number of piperidine rings is 1. The Balaban J connectivity index is 1.95. The van der Waals surface area contributed by atoms with Crippen molar-refractivity contribution in [3.05, 3.63) is 24.0 Å². The summed E-state index contributed by atoms with van der Waals surface area (Å²) in [4.78, 5) is 13.3. The molecular weight excluding hydrogens is 230 g/mol. The number of rotatable bonds is 4. The Morgan fingerprint density at radius 1 is 1.50 bits per heavy atom. The first-order chi connectivity index (χ1) is 8.72. The van der Waals surface area contributed by atoms with E-state index in [1.807, 2.05) is 10.8 Å². The molecule has 1 N–H and O–H groups in total. The van der Waals surface area contributed by atoms with Crippen molar-refractivity contribution in [1.29, 1.82) is 5.26 Å². The monoisotopic (exact) mass is 247 g/mol. The highest BCUT2D eigenvalue weighted by Gasteiger charge is 2.22. The van der Waals surface area contributed by atoms with Crippen LogP contribution in [-0.2, 0) is 0 Å². The van der Waals surface area contributed by atoms with Crippen LogP contribution >= 0.6 is 0 Å². The fourth-order valence-electron chi connectivity index (χ4n) is 2.52. The third kappa shape index (κ3) is 2.71. The maximum atomic E-state index is 11.1. The molecule has 0 atom stereocenters. The maximum Gasteiger partial charge on any atom is 0.352 e. The van der Waals surface area contributed by atoms with Gasteiger partial charge in [0.25, 0.3) is 0 Å². The number of aromatic carboxylic acids is 1. The van der Waals surface area contributed by atoms with Crippen LogP contribution < -0.4 is 0 Å². The van der Waals surface area contributed by atoms with Crippen molar-refractivity contribution >= 4 is 5.97 Å². The van der Waals surface area contributed by atoms with Crippen molar-refractivity contribution in [1.82, 2.24) is 9.47 Å². The standard InChI is InChI=1S/C13H17N3O2/c14-6-2-7-15-9-4-11(5-10-15)16-8-1-3-12(16)13(17)18/h1,3,8,11H,2,4-5,7,9-10H2,(H,17,18). The molecule has 1 aromatic heterocycles. The van der Waals surface area contributed by atoms with Gasteiger partial charge in [-0.3, -0.25) is 0 Å². The van der Waals surface area contributed by atoms with Gasteiger partial charge in [0.15, 0.2) is 0 Å². The average molecular weight is 247 g/mol. The van der Waals surface area contributed by atoms with Gasteiger partial charge < -0.3 is 14.6 Å². The lowest BCUT2D eigenvalue weighted by Crippen LogP contribution is -2.35. The lowest BCUT2D eigenvalue weighted by Gasteiger charge is -2.32. The SMILES string of the molecule is N#CCCN1CCC(n2cccc2C(=O)O)CC1. The third-order valence-electron chi connectivity index (χ3n) is 3.49. The highest BCUT2D eigenvalue weighted by atomic mass is 16.4. The highest BCUT2D eigenvalue weighted by molar-refractivity contribution is 5.85. The Morgan fingerprint density at radius 2 is 2.22 bits per heavy atom. The predicted octanol–water partition coefficient (Wildman–Crippen LogP) is 1.74. The second kappa shape index (κ2) is 5.69. The van der Waals surface area contributed by atoms with Crippen LogP contribution in [-0.4, -0.2) is 40.2 Å². The van der Waals surface area contributed by atoms with Crippen LogP contribution in [0.3, 0.4) is 0 Å². The Labute approximate surface area is 106 Å². The van der Waals surface area contributed by atoms with Crippen LogP contribution in [0.25, 0.3) is 0 Å². The second-order valence-electron chi connectivity index (χ2n) is 4.59. The number of nitrogens with zero attached hydrogens (tertiary/aromatic N) is 3. The molecule has 0 radical (unpaired) electrons. The van der Waals surface area contributed by atoms with E-state index < -0.39 is 5.97 Å². The molecule has 0 unspecified atom stereocenters. The molecule has 5 nitrogen and oxygen atoms in total. The average Bonchev–Trinajstić information content (AvgIpc) is 2.86. The summed E-state index contributed by atoms with van der Waals surface area (Å²) >= 11 is 0.